The number of hydrazone groups is 1. The predicted octanol–water partition coefficient (Wildman–Crippen LogP) is 4.11. The number of nitrogens with one attached hydrogen (secondary N) is 1. The summed E-state index contributed by atoms with van der Waals surface area (Å²) < 4.78 is 5.21. The SMILES string of the molecule is CCOc1cc(/C=N/Nc2ccc(C)c(Cl)c2)cc([N+](=O)[O-])c1O. The minimum Gasteiger partial charge on any atom is -0.500 e. The third-order valence-corrected chi connectivity index (χ3v) is 3.56. The van der Waals surface area contributed by atoms with Crippen molar-refractivity contribution in [1.82, 2.24) is 0 Å². The number of hydrogen-bond donors (Lipinski definition) is 2. The second-order valence-electron chi connectivity index (χ2n) is 4.91. The fourth-order valence-electron chi connectivity index (χ4n) is 1.94. The number of nitrogens with zero attached hydrogens (tertiary/aromatic N) is 2. The highest BCUT2D eigenvalue weighted by Crippen LogP contribution is 2.36. The summed E-state index contributed by atoms with van der Waals surface area (Å²) in [6.07, 6.45) is 1.39. The van der Waals surface area contributed by atoms with E-state index in [2.05, 4.69) is 10.5 Å². The molecule has 0 amide bonds. The minimum absolute atomic E-state index is 0.0338. The number of phenolic OH excluding ortho intramolecular Hbond substituents is 1. The molecule has 24 heavy (non-hydrogen) atoms. The van der Waals surface area contributed by atoms with Gasteiger partial charge in [0, 0.05) is 16.7 Å². The Hall–Kier alpha value is -2.80. The Morgan fingerprint density at radius 3 is 2.79 bits per heavy atom. The number of phenols is 1. The van der Waals surface area contributed by atoms with Crippen molar-refractivity contribution in [2.75, 3.05) is 12.0 Å². The van der Waals surface area contributed by atoms with E-state index >= 15 is 0 Å². The first-order valence-corrected chi connectivity index (χ1v) is 7.49. The molecule has 0 spiro atoms. The number of aryl methyl sites for hydroxylation is 1. The molecule has 0 saturated carbocycles. The Kier molecular flexibility index (Phi) is 5.59. The second kappa shape index (κ2) is 7.65. The minimum atomic E-state index is -0.678. The zero-order chi connectivity index (χ0) is 17.7. The van der Waals surface area contributed by atoms with Gasteiger partial charge in [-0.15, -0.1) is 0 Å². The molecule has 2 aromatic rings. The maximum Gasteiger partial charge on any atom is 0.315 e. The Morgan fingerprint density at radius 1 is 1.42 bits per heavy atom. The maximum absolute atomic E-state index is 11.0. The molecule has 0 saturated heterocycles. The quantitative estimate of drug-likeness (QED) is 0.464. The van der Waals surface area contributed by atoms with Gasteiger partial charge in [0.25, 0.3) is 0 Å². The van der Waals surface area contributed by atoms with E-state index in [4.69, 9.17) is 16.3 Å². The normalized spacial score (nSPS) is 10.8. The van der Waals surface area contributed by atoms with Gasteiger partial charge in [-0.3, -0.25) is 15.5 Å². The van der Waals surface area contributed by atoms with E-state index in [0.29, 0.717) is 16.3 Å². The fourth-order valence-corrected chi connectivity index (χ4v) is 2.12. The molecule has 0 unspecified atom stereocenters. The van der Waals surface area contributed by atoms with Crippen LogP contribution in [0.4, 0.5) is 11.4 Å². The number of halogens is 1. The van der Waals surface area contributed by atoms with Gasteiger partial charge in [-0.1, -0.05) is 17.7 Å². The summed E-state index contributed by atoms with van der Waals surface area (Å²) in [6.45, 7) is 3.88. The largest absolute Gasteiger partial charge is 0.500 e. The lowest BCUT2D eigenvalue weighted by Gasteiger charge is -2.07. The molecule has 0 atom stereocenters. The van der Waals surface area contributed by atoms with Gasteiger partial charge in [-0.25, -0.2) is 0 Å². The van der Waals surface area contributed by atoms with Crippen LogP contribution in [0.1, 0.15) is 18.1 Å². The predicted molar refractivity (Wildman–Crippen MR) is 93.3 cm³/mol. The van der Waals surface area contributed by atoms with Crippen LogP contribution in [0, 0.1) is 17.0 Å². The van der Waals surface area contributed by atoms with Gasteiger partial charge in [-0.2, -0.15) is 5.10 Å². The molecule has 0 aliphatic rings. The van der Waals surface area contributed by atoms with Gasteiger partial charge in [0.1, 0.15) is 0 Å². The smallest absolute Gasteiger partial charge is 0.315 e. The van der Waals surface area contributed by atoms with Crippen LogP contribution in [-0.2, 0) is 0 Å². The molecule has 2 rings (SSSR count). The highest BCUT2D eigenvalue weighted by molar-refractivity contribution is 6.31. The first-order valence-electron chi connectivity index (χ1n) is 7.11. The van der Waals surface area contributed by atoms with E-state index in [0.717, 1.165) is 5.56 Å². The zero-order valence-electron chi connectivity index (χ0n) is 13.1. The van der Waals surface area contributed by atoms with Crippen molar-refractivity contribution in [1.29, 1.82) is 0 Å². The van der Waals surface area contributed by atoms with Gasteiger partial charge < -0.3 is 9.84 Å². The highest BCUT2D eigenvalue weighted by Gasteiger charge is 2.19. The van der Waals surface area contributed by atoms with Crippen molar-refractivity contribution in [3.8, 4) is 11.5 Å². The summed E-state index contributed by atoms with van der Waals surface area (Å²) in [7, 11) is 0. The van der Waals surface area contributed by atoms with Crippen LogP contribution in [-0.4, -0.2) is 22.9 Å². The molecule has 0 aliphatic carbocycles. The van der Waals surface area contributed by atoms with Crippen LogP contribution in [0.5, 0.6) is 11.5 Å². The molecule has 0 fully saturated rings. The maximum atomic E-state index is 11.0. The van der Waals surface area contributed by atoms with Gasteiger partial charge in [0.15, 0.2) is 5.75 Å². The molecule has 0 heterocycles. The number of hydrogen-bond acceptors (Lipinski definition) is 6. The van der Waals surface area contributed by atoms with Gasteiger partial charge in [0.05, 0.1) is 23.4 Å². The molecule has 0 aromatic heterocycles. The Morgan fingerprint density at radius 2 is 2.17 bits per heavy atom. The first kappa shape index (κ1) is 17.6. The van der Waals surface area contributed by atoms with E-state index < -0.39 is 16.4 Å². The molecule has 2 N–H and O–H groups in total. The summed E-state index contributed by atoms with van der Waals surface area (Å²) in [5.41, 5.74) is 4.38. The number of rotatable bonds is 6. The van der Waals surface area contributed by atoms with Crippen LogP contribution in [0.2, 0.25) is 5.02 Å². The van der Waals surface area contributed by atoms with E-state index in [1.54, 1.807) is 13.0 Å². The molecule has 0 radical (unpaired) electrons. The Bertz CT molecular complexity index is 793. The molecule has 8 heteroatoms. The van der Waals surface area contributed by atoms with E-state index in [1.165, 1.54) is 18.3 Å². The summed E-state index contributed by atoms with van der Waals surface area (Å²) in [5, 5.41) is 25.5. The van der Waals surface area contributed by atoms with Crippen LogP contribution in [0.25, 0.3) is 0 Å². The molecular weight excluding hydrogens is 334 g/mol. The Balaban J connectivity index is 2.24. The van der Waals surface area contributed by atoms with Gasteiger partial charge in [-0.05, 0) is 37.6 Å². The number of anilines is 1. The van der Waals surface area contributed by atoms with E-state index in [1.807, 2.05) is 19.1 Å². The molecule has 0 bridgehead atoms. The summed E-state index contributed by atoms with van der Waals surface area (Å²) in [4.78, 5) is 10.3. The number of ether oxygens (including phenoxy) is 1. The summed E-state index contributed by atoms with van der Waals surface area (Å²) >= 11 is 6.03. The lowest BCUT2D eigenvalue weighted by Crippen LogP contribution is -1.98. The lowest BCUT2D eigenvalue weighted by molar-refractivity contribution is -0.386. The summed E-state index contributed by atoms with van der Waals surface area (Å²) in [5.74, 6) is -0.469. The average Bonchev–Trinajstić information content (AvgIpc) is 2.53. The lowest BCUT2D eigenvalue weighted by atomic mass is 10.2. The molecule has 2 aromatic carbocycles. The third kappa shape index (κ3) is 4.14. The topological polar surface area (TPSA) is 97.0 Å². The zero-order valence-corrected chi connectivity index (χ0v) is 13.9. The van der Waals surface area contributed by atoms with Crippen molar-refractivity contribution >= 4 is 29.2 Å². The fraction of sp³-hybridized carbons (Fsp3) is 0.188. The van der Waals surface area contributed by atoms with E-state index in [-0.39, 0.29) is 12.4 Å². The van der Waals surface area contributed by atoms with Crippen molar-refractivity contribution in [3.05, 3.63) is 56.6 Å². The number of benzene rings is 2. The highest BCUT2D eigenvalue weighted by atomic mass is 35.5. The third-order valence-electron chi connectivity index (χ3n) is 3.15. The monoisotopic (exact) mass is 349 g/mol. The van der Waals surface area contributed by atoms with Crippen LogP contribution < -0.4 is 10.2 Å². The van der Waals surface area contributed by atoms with Crippen molar-refractivity contribution < 1.29 is 14.8 Å². The van der Waals surface area contributed by atoms with Crippen LogP contribution in [0.15, 0.2) is 35.4 Å². The van der Waals surface area contributed by atoms with Crippen molar-refractivity contribution in [2.45, 2.75) is 13.8 Å². The standard InChI is InChI=1S/C16H16ClN3O4/c1-3-24-15-7-11(6-14(16(15)21)20(22)23)9-18-19-12-5-4-10(2)13(17)8-12/h4-9,19,21H,3H2,1-2H3/b18-9+. The van der Waals surface area contributed by atoms with E-state index in [9.17, 15) is 15.2 Å². The van der Waals surface area contributed by atoms with Gasteiger partial charge >= 0.3 is 5.69 Å². The second-order valence-corrected chi connectivity index (χ2v) is 5.32. The average molecular weight is 350 g/mol. The molecule has 0 aliphatic heterocycles. The van der Waals surface area contributed by atoms with Crippen LogP contribution >= 0.6 is 11.6 Å². The first-order chi connectivity index (χ1) is 11.4. The van der Waals surface area contributed by atoms with Crippen LogP contribution in [0.3, 0.4) is 0 Å². The van der Waals surface area contributed by atoms with Crippen molar-refractivity contribution in [3.63, 3.8) is 0 Å². The van der Waals surface area contributed by atoms with Crippen molar-refractivity contribution in [2.24, 2.45) is 5.10 Å². The molecule has 126 valence electrons. The number of aromatic hydroxyl groups is 1. The summed E-state index contributed by atoms with van der Waals surface area (Å²) in [6, 6.07) is 8.06. The Labute approximate surface area is 143 Å². The molecular formula is C16H16ClN3O4. The molecule has 7 nitrogen and oxygen atoms in total. The number of nitro groups is 1. The van der Waals surface area contributed by atoms with Gasteiger partial charge in [0.2, 0.25) is 5.75 Å². The number of nitro benzene ring substituents is 1.